The van der Waals surface area contributed by atoms with Crippen LogP contribution < -0.4 is 16.0 Å². The first-order valence-electron chi connectivity index (χ1n) is 12.3. The summed E-state index contributed by atoms with van der Waals surface area (Å²) in [6.45, 7) is 8.12. The Morgan fingerprint density at radius 1 is 1.03 bits per heavy atom. The van der Waals surface area contributed by atoms with Crippen LogP contribution in [0.15, 0.2) is 48.7 Å². The Hall–Kier alpha value is -3.72. The number of carboxylic acids is 1. The Kier molecular flexibility index (Phi) is 9.79. The number of hydrogen-bond donors (Lipinski definition) is 4. The summed E-state index contributed by atoms with van der Waals surface area (Å²) in [5, 5.41) is 18.5. The van der Waals surface area contributed by atoms with Crippen molar-refractivity contribution in [2.24, 2.45) is 5.92 Å². The molecule has 0 aliphatic rings. The molecule has 8 nitrogen and oxygen atoms in total. The van der Waals surface area contributed by atoms with Crippen LogP contribution in [0.25, 0.3) is 0 Å². The van der Waals surface area contributed by atoms with Gasteiger partial charge in [0.25, 0.3) is 0 Å². The molecule has 0 aliphatic carbocycles. The largest absolute Gasteiger partial charge is 0.481 e. The molecule has 37 heavy (non-hydrogen) atoms. The van der Waals surface area contributed by atoms with Crippen LogP contribution in [-0.2, 0) is 22.4 Å². The van der Waals surface area contributed by atoms with Crippen molar-refractivity contribution in [1.29, 1.82) is 0 Å². The van der Waals surface area contributed by atoms with Crippen molar-refractivity contribution >= 4 is 40.6 Å². The summed E-state index contributed by atoms with van der Waals surface area (Å²) in [4.78, 5) is 41.4. The van der Waals surface area contributed by atoms with Gasteiger partial charge in [-0.2, -0.15) is 0 Å². The number of thiazole rings is 1. The van der Waals surface area contributed by atoms with Crippen LogP contribution >= 0.6 is 11.3 Å². The van der Waals surface area contributed by atoms with E-state index < -0.39 is 5.97 Å². The molecular weight excluding hydrogens is 488 g/mol. The molecule has 1 unspecified atom stereocenters. The van der Waals surface area contributed by atoms with Gasteiger partial charge in [0.2, 0.25) is 5.91 Å². The van der Waals surface area contributed by atoms with E-state index in [0.29, 0.717) is 18.0 Å². The number of aromatic nitrogens is 1. The first kappa shape index (κ1) is 27.9. The normalized spacial score (nSPS) is 11.7. The summed E-state index contributed by atoms with van der Waals surface area (Å²) in [6.07, 6.45) is 3.11. The van der Waals surface area contributed by atoms with Crippen LogP contribution in [0, 0.1) is 19.8 Å². The molecule has 0 spiro atoms. The zero-order valence-electron chi connectivity index (χ0n) is 21.6. The smallest absolute Gasteiger partial charge is 0.323 e. The number of hydrogen-bond acceptors (Lipinski definition) is 5. The van der Waals surface area contributed by atoms with Crippen molar-refractivity contribution in [3.05, 3.63) is 75.2 Å². The highest BCUT2D eigenvalue weighted by atomic mass is 32.1. The minimum Gasteiger partial charge on any atom is -0.481 e. The van der Waals surface area contributed by atoms with Crippen molar-refractivity contribution in [3.8, 4) is 0 Å². The Balaban J connectivity index is 1.56. The fraction of sp³-hybridized carbons (Fsp3) is 0.357. The molecule has 0 aliphatic heterocycles. The third-order valence-corrected chi connectivity index (χ3v) is 7.10. The van der Waals surface area contributed by atoms with Crippen LogP contribution in [0.3, 0.4) is 0 Å². The number of nitrogens with one attached hydrogen (secondary N) is 3. The van der Waals surface area contributed by atoms with Crippen molar-refractivity contribution < 1.29 is 19.5 Å². The van der Waals surface area contributed by atoms with E-state index in [2.05, 4.69) is 34.8 Å². The molecule has 0 saturated carbocycles. The number of aryl methyl sites for hydroxylation is 2. The number of carbonyl (C=O) groups excluding carboxylic acids is 2. The first-order valence-corrected chi connectivity index (χ1v) is 13.1. The second kappa shape index (κ2) is 13.0. The molecule has 196 valence electrons. The van der Waals surface area contributed by atoms with Crippen LogP contribution in [0.5, 0.6) is 0 Å². The predicted octanol–water partition coefficient (Wildman–Crippen LogP) is 5.87. The fourth-order valence-corrected chi connectivity index (χ4v) is 4.81. The lowest BCUT2D eigenvalue weighted by molar-refractivity contribution is -0.137. The summed E-state index contributed by atoms with van der Waals surface area (Å²) in [5.74, 6) is -0.622. The van der Waals surface area contributed by atoms with E-state index in [1.54, 1.807) is 18.3 Å². The van der Waals surface area contributed by atoms with E-state index >= 15 is 0 Å². The van der Waals surface area contributed by atoms with Gasteiger partial charge in [0.15, 0.2) is 0 Å². The van der Waals surface area contributed by atoms with E-state index in [4.69, 9.17) is 5.11 Å². The van der Waals surface area contributed by atoms with Crippen LogP contribution in [0.1, 0.15) is 59.3 Å². The fourth-order valence-electron chi connectivity index (χ4n) is 3.83. The lowest BCUT2D eigenvalue weighted by atomic mass is 10.0. The first-order chi connectivity index (χ1) is 17.6. The van der Waals surface area contributed by atoms with Gasteiger partial charge < -0.3 is 21.1 Å². The number of rotatable bonds is 11. The molecule has 4 N–H and O–H groups in total. The third kappa shape index (κ3) is 8.71. The zero-order chi connectivity index (χ0) is 26.9. The van der Waals surface area contributed by atoms with Crippen LogP contribution in [0.2, 0.25) is 0 Å². The summed E-state index contributed by atoms with van der Waals surface area (Å²) in [6, 6.07) is 12.4. The monoisotopic (exact) mass is 522 g/mol. The summed E-state index contributed by atoms with van der Waals surface area (Å²) in [5.41, 5.74) is 4.33. The minimum absolute atomic E-state index is 0.0565. The van der Waals surface area contributed by atoms with Gasteiger partial charge in [-0.15, -0.1) is 11.3 Å². The third-order valence-electron chi connectivity index (χ3n) is 5.93. The highest BCUT2D eigenvalue weighted by molar-refractivity contribution is 7.11. The summed E-state index contributed by atoms with van der Waals surface area (Å²) in [7, 11) is 0. The predicted molar refractivity (Wildman–Crippen MR) is 147 cm³/mol. The van der Waals surface area contributed by atoms with Crippen molar-refractivity contribution in [2.75, 3.05) is 10.6 Å². The van der Waals surface area contributed by atoms with Gasteiger partial charge in [-0.1, -0.05) is 38.1 Å². The topological polar surface area (TPSA) is 120 Å². The van der Waals surface area contributed by atoms with Crippen molar-refractivity contribution in [2.45, 2.75) is 59.4 Å². The van der Waals surface area contributed by atoms with E-state index in [-0.39, 0.29) is 30.8 Å². The molecule has 0 fully saturated rings. The highest BCUT2D eigenvalue weighted by Gasteiger charge is 2.20. The Bertz CT molecular complexity index is 1240. The molecule has 3 amide bonds. The van der Waals surface area contributed by atoms with Crippen LogP contribution in [0.4, 0.5) is 16.2 Å². The average molecular weight is 523 g/mol. The van der Waals surface area contributed by atoms with Gasteiger partial charge in [0.1, 0.15) is 5.01 Å². The molecule has 0 saturated heterocycles. The van der Waals surface area contributed by atoms with Gasteiger partial charge in [-0.3, -0.25) is 9.59 Å². The number of urea groups is 1. The minimum atomic E-state index is -0.842. The number of benzene rings is 2. The average Bonchev–Trinajstić information content (AvgIpc) is 3.30. The van der Waals surface area contributed by atoms with Gasteiger partial charge in [-0.05, 0) is 67.5 Å². The lowest BCUT2D eigenvalue weighted by Gasteiger charge is -2.18. The molecule has 1 heterocycles. The van der Waals surface area contributed by atoms with Crippen molar-refractivity contribution in [1.82, 2.24) is 10.3 Å². The Morgan fingerprint density at radius 3 is 2.43 bits per heavy atom. The molecule has 3 aromatic rings. The number of anilines is 2. The molecule has 0 radical (unpaired) electrons. The lowest BCUT2D eigenvalue weighted by Crippen LogP contribution is -2.30. The molecule has 9 heteroatoms. The zero-order valence-corrected chi connectivity index (χ0v) is 22.4. The number of aliphatic carboxylic acids is 1. The Morgan fingerprint density at radius 2 is 1.76 bits per heavy atom. The van der Waals surface area contributed by atoms with Crippen LogP contribution in [-0.4, -0.2) is 28.0 Å². The summed E-state index contributed by atoms with van der Waals surface area (Å²) < 4.78 is 0. The van der Waals surface area contributed by atoms with Gasteiger partial charge >= 0.3 is 12.0 Å². The molecule has 3 rings (SSSR count). The number of carbonyl (C=O) groups is 3. The maximum atomic E-state index is 12.8. The number of nitrogens with zero attached hydrogens (tertiary/aromatic N) is 1. The second-order valence-electron chi connectivity index (χ2n) is 9.51. The maximum Gasteiger partial charge on any atom is 0.323 e. The van der Waals surface area contributed by atoms with E-state index in [1.807, 2.05) is 44.2 Å². The second-order valence-corrected chi connectivity index (χ2v) is 10.7. The summed E-state index contributed by atoms with van der Waals surface area (Å²) >= 11 is 1.45. The molecule has 2 aromatic carbocycles. The highest BCUT2D eigenvalue weighted by Crippen LogP contribution is 2.27. The standard InChI is InChI=1S/C28H34N4O4S/c1-17(2)14-24(27-29-16-22(37-27)12-13-26(34)35)31-25(33)15-20-8-10-21(11-9-20)30-28(36)32-23-7-5-6-18(3)19(23)4/h5-11,16-17,24H,12-15H2,1-4H3,(H,31,33)(H,34,35)(H2,30,32,36). The van der Waals surface area contributed by atoms with E-state index in [0.717, 1.165) is 38.7 Å². The van der Waals surface area contributed by atoms with Gasteiger partial charge in [-0.25, -0.2) is 9.78 Å². The molecular formula is C28H34N4O4S. The number of amides is 3. The van der Waals surface area contributed by atoms with Crippen molar-refractivity contribution in [3.63, 3.8) is 0 Å². The van der Waals surface area contributed by atoms with E-state index in [1.165, 1.54) is 11.3 Å². The maximum absolute atomic E-state index is 12.8. The molecule has 1 atom stereocenters. The van der Waals surface area contributed by atoms with E-state index in [9.17, 15) is 14.4 Å². The van der Waals surface area contributed by atoms with Gasteiger partial charge in [0.05, 0.1) is 18.9 Å². The van der Waals surface area contributed by atoms with Gasteiger partial charge in [0, 0.05) is 22.4 Å². The quantitative estimate of drug-likeness (QED) is 0.251. The number of carboxylic acid groups (broad SMARTS) is 1. The SMILES string of the molecule is Cc1cccc(NC(=O)Nc2ccc(CC(=O)NC(CC(C)C)c3ncc(CCC(=O)O)s3)cc2)c1C. The Labute approximate surface area is 221 Å². The molecule has 0 bridgehead atoms. The molecule has 1 aromatic heterocycles.